The van der Waals surface area contributed by atoms with Crippen molar-refractivity contribution < 1.29 is 0 Å². The van der Waals surface area contributed by atoms with E-state index in [2.05, 4.69) is 30.7 Å². The number of nitrogens with zero attached hydrogens (tertiary/aromatic N) is 3. The lowest BCUT2D eigenvalue weighted by Gasteiger charge is -2.08. The molecule has 0 N–H and O–H groups in total. The summed E-state index contributed by atoms with van der Waals surface area (Å²) in [4.78, 5) is 0. The van der Waals surface area contributed by atoms with Crippen molar-refractivity contribution in [3.63, 3.8) is 0 Å². The molecule has 0 bridgehead atoms. The molecule has 0 spiro atoms. The van der Waals surface area contributed by atoms with Crippen LogP contribution in [0, 0.1) is 0 Å². The molecule has 1 aromatic heterocycles. The summed E-state index contributed by atoms with van der Waals surface area (Å²) in [5.41, 5.74) is 1.07. The number of aromatic nitrogens is 3. The molecule has 3 rings (SSSR count). The third-order valence-corrected chi connectivity index (χ3v) is 3.84. The number of hydrogen-bond donors (Lipinski definition) is 0. The van der Waals surface area contributed by atoms with Gasteiger partial charge in [-0.1, -0.05) is 34.1 Å². The molecule has 17 heavy (non-hydrogen) atoms. The van der Waals surface area contributed by atoms with E-state index in [-0.39, 0.29) is 0 Å². The molecule has 1 aliphatic rings. The highest BCUT2D eigenvalue weighted by Crippen LogP contribution is 2.40. The van der Waals surface area contributed by atoms with E-state index in [1.807, 2.05) is 24.3 Å². The Hall–Kier alpha value is -0.870. The van der Waals surface area contributed by atoms with Gasteiger partial charge in [0, 0.05) is 16.1 Å². The Morgan fingerprint density at radius 3 is 2.71 bits per heavy atom. The second-order valence-corrected chi connectivity index (χ2v) is 5.28. The minimum Gasteiger partial charge on any atom is -0.307 e. The Labute approximate surface area is 113 Å². The maximum Gasteiger partial charge on any atom is 0.165 e. The second-order valence-electron chi connectivity index (χ2n) is 4.15. The quantitative estimate of drug-likeness (QED) is 0.808. The van der Waals surface area contributed by atoms with Gasteiger partial charge in [-0.05, 0) is 18.9 Å². The van der Waals surface area contributed by atoms with Crippen LogP contribution in [0.2, 0.25) is 0 Å². The van der Waals surface area contributed by atoms with Gasteiger partial charge in [0.2, 0.25) is 0 Å². The van der Waals surface area contributed by atoms with Crippen LogP contribution in [0.5, 0.6) is 0 Å². The highest BCUT2D eigenvalue weighted by Gasteiger charge is 2.29. The predicted molar refractivity (Wildman–Crippen MR) is 71.0 cm³/mol. The molecule has 1 heterocycles. The van der Waals surface area contributed by atoms with Crippen LogP contribution in [0.3, 0.4) is 0 Å². The molecule has 0 radical (unpaired) electrons. The molecule has 2 aromatic rings. The Morgan fingerprint density at radius 2 is 2.06 bits per heavy atom. The van der Waals surface area contributed by atoms with Crippen LogP contribution in [-0.4, -0.2) is 14.8 Å². The Morgan fingerprint density at radius 1 is 1.29 bits per heavy atom. The Kier molecular flexibility index (Phi) is 2.92. The Balaban J connectivity index is 2.14. The zero-order valence-electron chi connectivity index (χ0n) is 9.11. The first kappa shape index (κ1) is 11.2. The first-order chi connectivity index (χ1) is 8.31. The topological polar surface area (TPSA) is 30.7 Å². The number of alkyl halides is 1. The number of halogens is 2. The van der Waals surface area contributed by atoms with Crippen LogP contribution >= 0.6 is 27.5 Å². The molecule has 1 aromatic carbocycles. The van der Waals surface area contributed by atoms with Gasteiger partial charge in [0.05, 0.1) is 5.88 Å². The molecule has 3 nitrogen and oxygen atoms in total. The maximum atomic E-state index is 5.91. The fourth-order valence-electron chi connectivity index (χ4n) is 1.96. The summed E-state index contributed by atoms with van der Waals surface area (Å²) in [6, 6.07) is 8.59. The van der Waals surface area contributed by atoms with Crippen LogP contribution in [0.4, 0.5) is 0 Å². The van der Waals surface area contributed by atoms with Gasteiger partial charge in [0.15, 0.2) is 5.82 Å². The molecule has 88 valence electrons. The summed E-state index contributed by atoms with van der Waals surface area (Å²) in [6.07, 6.45) is 2.39. The molecule has 0 atom stereocenters. The summed E-state index contributed by atoms with van der Waals surface area (Å²) < 4.78 is 3.21. The zero-order chi connectivity index (χ0) is 11.8. The summed E-state index contributed by atoms with van der Waals surface area (Å²) in [6.45, 7) is 0. The fraction of sp³-hybridized carbons (Fsp3) is 0.333. The molecule has 0 aliphatic heterocycles. The van der Waals surface area contributed by atoms with E-state index in [4.69, 9.17) is 11.6 Å². The lowest BCUT2D eigenvalue weighted by molar-refractivity contribution is 0.712. The van der Waals surface area contributed by atoms with E-state index in [1.54, 1.807) is 0 Å². The number of hydrogen-bond acceptors (Lipinski definition) is 2. The van der Waals surface area contributed by atoms with E-state index in [1.165, 1.54) is 12.8 Å². The Bertz CT molecular complexity index is 548. The van der Waals surface area contributed by atoms with Crippen molar-refractivity contribution in [3.05, 3.63) is 34.6 Å². The molecule has 5 heteroatoms. The van der Waals surface area contributed by atoms with Crippen LogP contribution in [0.15, 0.2) is 28.7 Å². The second kappa shape index (κ2) is 4.42. The van der Waals surface area contributed by atoms with E-state index < -0.39 is 0 Å². The fourth-order valence-corrected chi connectivity index (χ4v) is 2.60. The smallest absolute Gasteiger partial charge is 0.165 e. The lowest BCUT2D eigenvalue weighted by atomic mass is 10.2. The average molecular weight is 313 g/mol. The lowest BCUT2D eigenvalue weighted by Crippen LogP contribution is -2.02. The van der Waals surface area contributed by atoms with Crippen molar-refractivity contribution in [2.75, 3.05) is 0 Å². The predicted octanol–water partition coefficient (Wildman–Crippen LogP) is 3.78. The molecular formula is C12H11BrClN3. The highest BCUT2D eigenvalue weighted by atomic mass is 79.9. The van der Waals surface area contributed by atoms with Gasteiger partial charge >= 0.3 is 0 Å². The first-order valence-corrected chi connectivity index (χ1v) is 6.88. The zero-order valence-corrected chi connectivity index (χ0v) is 11.4. The van der Waals surface area contributed by atoms with Gasteiger partial charge in [-0.25, -0.2) is 0 Å². The molecule has 0 amide bonds. The largest absolute Gasteiger partial charge is 0.307 e. The SMILES string of the molecule is ClCc1nnc(-c2ccccc2Br)n1C1CC1. The van der Waals surface area contributed by atoms with Crippen molar-refractivity contribution in [1.29, 1.82) is 0 Å². The normalized spacial score (nSPS) is 15.2. The van der Waals surface area contributed by atoms with E-state index in [9.17, 15) is 0 Å². The highest BCUT2D eigenvalue weighted by molar-refractivity contribution is 9.10. The summed E-state index contributed by atoms with van der Waals surface area (Å²) in [7, 11) is 0. The standard InChI is InChI=1S/C12H11BrClN3/c13-10-4-2-1-3-9(10)12-16-15-11(7-14)17(12)8-5-6-8/h1-4,8H,5-7H2. The summed E-state index contributed by atoms with van der Waals surface area (Å²) in [5.74, 6) is 2.18. The monoisotopic (exact) mass is 311 g/mol. The van der Waals surface area contributed by atoms with Gasteiger partial charge in [-0.15, -0.1) is 21.8 Å². The van der Waals surface area contributed by atoms with E-state index in [0.29, 0.717) is 11.9 Å². The van der Waals surface area contributed by atoms with Gasteiger partial charge in [-0.2, -0.15) is 0 Å². The molecule has 0 unspecified atom stereocenters. The van der Waals surface area contributed by atoms with Crippen molar-refractivity contribution in [1.82, 2.24) is 14.8 Å². The van der Waals surface area contributed by atoms with Crippen LogP contribution < -0.4 is 0 Å². The molecule has 1 aliphatic carbocycles. The van der Waals surface area contributed by atoms with Crippen LogP contribution in [0.25, 0.3) is 11.4 Å². The number of rotatable bonds is 3. The van der Waals surface area contributed by atoms with Gasteiger partial charge in [0.1, 0.15) is 5.82 Å². The third-order valence-electron chi connectivity index (χ3n) is 2.91. The van der Waals surface area contributed by atoms with Gasteiger partial charge in [0.25, 0.3) is 0 Å². The molecular weight excluding hydrogens is 302 g/mol. The van der Waals surface area contributed by atoms with Crippen molar-refractivity contribution in [2.24, 2.45) is 0 Å². The van der Waals surface area contributed by atoms with Crippen molar-refractivity contribution >= 4 is 27.5 Å². The first-order valence-electron chi connectivity index (χ1n) is 5.56. The van der Waals surface area contributed by atoms with Gasteiger partial charge in [-0.3, -0.25) is 0 Å². The van der Waals surface area contributed by atoms with Crippen molar-refractivity contribution in [3.8, 4) is 11.4 Å². The minimum atomic E-state index is 0.411. The molecule has 0 saturated heterocycles. The summed E-state index contributed by atoms with van der Waals surface area (Å²) >= 11 is 9.46. The van der Waals surface area contributed by atoms with Gasteiger partial charge < -0.3 is 4.57 Å². The molecule has 1 saturated carbocycles. The minimum absolute atomic E-state index is 0.411. The molecule has 1 fully saturated rings. The summed E-state index contributed by atoms with van der Waals surface area (Å²) in [5, 5.41) is 8.45. The maximum absolute atomic E-state index is 5.91. The van der Waals surface area contributed by atoms with Crippen LogP contribution in [0.1, 0.15) is 24.7 Å². The van der Waals surface area contributed by atoms with Crippen LogP contribution in [-0.2, 0) is 5.88 Å². The van der Waals surface area contributed by atoms with E-state index >= 15 is 0 Å². The average Bonchev–Trinajstić information content (AvgIpc) is 3.10. The number of benzene rings is 1. The van der Waals surface area contributed by atoms with Crippen molar-refractivity contribution in [2.45, 2.75) is 24.8 Å². The third kappa shape index (κ3) is 2.00. The van der Waals surface area contributed by atoms with E-state index in [0.717, 1.165) is 21.7 Å².